The van der Waals surface area contributed by atoms with Gasteiger partial charge in [0.05, 0.1) is 37.9 Å². The Morgan fingerprint density at radius 3 is 2.64 bits per heavy atom. The first-order valence-corrected chi connectivity index (χ1v) is 9.74. The minimum Gasteiger partial charge on any atom is -0.506 e. The Bertz CT molecular complexity index is 927. The Labute approximate surface area is 164 Å². The van der Waals surface area contributed by atoms with E-state index in [1.165, 1.54) is 4.90 Å². The largest absolute Gasteiger partial charge is 0.506 e. The average molecular weight is 380 g/mol. The topological polar surface area (TPSA) is 70.2 Å². The van der Waals surface area contributed by atoms with E-state index < -0.39 is 0 Å². The second-order valence-corrected chi connectivity index (χ2v) is 7.38. The lowest BCUT2D eigenvalue weighted by Crippen LogP contribution is -3.15. The number of phenolic OH excluding ortho intramolecular Hbond substituents is 1. The molecule has 0 unspecified atom stereocenters. The molecule has 146 valence electrons. The molecule has 2 aromatic carbocycles. The quantitative estimate of drug-likeness (QED) is 0.630. The van der Waals surface area contributed by atoms with Gasteiger partial charge in [0.1, 0.15) is 17.1 Å². The van der Waals surface area contributed by atoms with Gasteiger partial charge >= 0.3 is 0 Å². The first-order chi connectivity index (χ1) is 13.6. The smallest absolute Gasteiger partial charge is 0.275 e. The maximum Gasteiger partial charge on any atom is 0.275 e. The van der Waals surface area contributed by atoms with Gasteiger partial charge in [0.25, 0.3) is 5.91 Å². The van der Waals surface area contributed by atoms with Crippen molar-refractivity contribution in [2.24, 2.45) is 0 Å². The van der Waals surface area contributed by atoms with Crippen LogP contribution >= 0.6 is 0 Å². The van der Waals surface area contributed by atoms with Crippen LogP contribution in [-0.4, -0.2) is 43.7 Å². The Kier molecular flexibility index (Phi) is 5.21. The highest BCUT2D eigenvalue weighted by Crippen LogP contribution is 2.26. The summed E-state index contributed by atoms with van der Waals surface area (Å²) in [6.45, 7) is 5.75. The molecule has 0 radical (unpaired) electrons. The van der Waals surface area contributed by atoms with Gasteiger partial charge in [0.2, 0.25) is 0 Å². The summed E-state index contributed by atoms with van der Waals surface area (Å²) in [6.07, 6.45) is 0. The van der Waals surface area contributed by atoms with Crippen molar-refractivity contribution in [1.29, 1.82) is 0 Å². The number of nitrogens with zero attached hydrogens (tertiary/aromatic N) is 1. The minimum atomic E-state index is -0.165. The van der Waals surface area contributed by atoms with Crippen molar-refractivity contribution in [3.63, 3.8) is 0 Å². The maximum absolute atomic E-state index is 12.5. The predicted octanol–water partition coefficient (Wildman–Crippen LogP) is 1.72. The van der Waals surface area contributed by atoms with Crippen LogP contribution in [0.25, 0.3) is 11.0 Å². The molecule has 3 N–H and O–H groups in total. The van der Waals surface area contributed by atoms with Crippen LogP contribution in [-0.2, 0) is 4.79 Å². The molecule has 1 fully saturated rings. The molecule has 6 nitrogen and oxygen atoms in total. The van der Waals surface area contributed by atoms with Crippen molar-refractivity contribution in [1.82, 2.24) is 5.32 Å². The highest BCUT2D eigenvalue weighted by atomic mass is 16.3. The second kappa shape index (κ2) is 7.94. The third-order valence-corrected chi connectivity index (χ3v) is 5.35. The molecular weight excluding hydrogens is 354 g/mol. The molecule has 1 aromatic heterocycles. The summed E-state index contributed by atoms with van der Waals surface area (Å²) >= 11 is 0. The molecule has 2 heterocycles. The molecule has 1 aliphatic heterocycles. The molecular formula is C22H26N3O3+. The number of nitrogens with one attached hydrogen (secondary N) is 2. The van der Waals surface area contributed by atoms with Crippen LogP contribution in [0.3, 0.4) is 0 Å². The summed E-state index contributed by atoms with van der Waals surface area (Å²) in [5, 5.41) is 14.1. The SMILES string of the molecule is C[C@H](NC(=O)C[NH+]1CCN(c2ccccc2O)CC1)c1cc2ccccc2o1. The summed E-state index contributed by atoms with van der Waals surface area (Å²) in [5.74, 6) is 1.11. The highest BCUT2D eigenvalue weighted by molar-refractivity contribution is 5.79. The predicted molar refractivity (Wildman–Crippen MR) is 109 cm³/mol. The third-order valence-electron chi connectivity index (χ3n) is 5.35. The zero-order valence-electron chi connectivity index (χ0n) is 16.0. The van der Waals surface area contributed by atoms with Crippen LogP contribution in [0.2, 0.25) is 0 Å². The Morgan fingerprint density at radius 1 is 1.18 bits per heavy atom. The van der Waals surface area contributed by atoms with Gasteiger partial charge in [-0.05, 0) is 31.2 Å². The van der Waals surface area contributed by atoms with E-state index in [1.807, 2.05) is 55.5 Å². The van der Waals surface area contributed by atoms with Crippen LogP contribution < -0.4 is 15.1 Å². The van der Waals surface area contributed by atoms with Crippen molar-refractivity contribution in [2.45, 2.75) is 13.0 Å². The molecule has 1 saturated heterocycles. The number of anilines is 1. The van der Waals surface area contributed by atoms with Crippen molar-refractivity contribution in [2.75, 3.05) is 37.6 Å². The molecule has 0 aliphatic carbocycles. The summed E-state index contributed by atoms with van der Waals surface area (Å²) in [7, 11) is 0. The standard InChI is InChI=1S/C22H25N3O3/c1-16(21-14-17-6-2-5-9-20(17)28-21)23-22(27)15-24-10-12-25(13-11-24)18-7-3-4-8-19(18)26/h2-9,14,16,26H,10-13,15H2,1H3,(H,23,27)/p+1/t16-/m0/s1. The fourth-order valence-corrected chi connectivity index (χ4v) is 3.78. The van der Waals surface area contributed by atoms with E-state index in [2.05, 4.69) is 10.2 Å². The van der Waals surface area contributed by atoms with Crippen LogP contribution in [0.4, 0.5) is 5.69 Å². The molecule has 1 atom stereocenters. The monoisotopic (exact) mass is 380 g/mol. The van der Waals surface area contributed by atoms with Gasteiger partial charge in [-0.2, -0.15) is 0 Å². The molecule has 4 rings (SSSR count). The number of furan rings is 1. The number of amides is 1. The Hall–Kier alpha value is -2.99. The van der Waals surface area contributed by atoms with E-state index in [9.17, 15) is 9.90 Å². The molecule has 3 aromatic rings. The number of piperazine rings is 1. The molecule has 1 aliphatic rings. The molecule has 28 heavy (non-hydrogen) atoms. The van der Waals surface area contributed by atoms with Gasteiger partial charge in [0, 0.05) is 5.39 Å². The average Bonchev–Trinajstić information content (AvgIpc) is 3.13. The zero-order chi connectivity index (χ0) is 19.5. The first kappa shape index (κ1) is 18.4. The summed E-state index contributed by atoms with van der Waals surface area (Å²) in [4.78, 5) is 15.9. The van der Waals surface area contributed by atoms with Crippen molar-refractivity contribution in [3.8, 4) is 5.75 Å². The van der Waals surface area contributed by atoms with Gasteiger partial charge in [0.15, 0.2) is 6.54 Å². The van der Waals surface area contributed by atoms with Crippen LogP contribution in [0, 0.1) is 0 Å². The van der Waals surface area contributed by atoms with Crippen LogP contribution in [0.1, 0.15) is 18.7 Å². The van der Waals surface area contributed by atoms with Crippen molar-refractivity contribution >= 4 is 22.6 Å². The maximum atomic E-state index is 12.5. The highest BCUT2D eigenvalue weighted by Gasteiger charge is 2.24. The number of rotatable bonds is 5. The number of carbonyl (C=O) groups excluding carboxylic acids is 1. The number of hydrogen-bond acceptors (Lipinski definition) is 4. The number of fused-ring (bicyclic) bond motifs is 1. The third kappa shape index (κ3) is 3.97. The fourth-order valence-electron chi connectivity index (χ4n) is 3.78. The number of hydrogen-bond donors (Lipinski definition) is 3. The first-order valence-electron chi connectivity index (χ1n) is 9.74. The van der Waals surface area contributed by atoms with Gasteiger partial charge in [-0.3, -0.25) is 4.79 Å². The van der Waals surface area contributed by atoms with E-state index >= 15 is 0 Å². The number of para-hydroxylation sites is 3. The molecule has 6 heteroatoms. The Morgan fingerprint density at radius 2 is 1.89 bits per heavy atom. The van der Waals surface area contributed by atoms with E-state index in [4.69, 9.17) is 4.42 Å². The summed E-state index contributed by atoms with van der Waals surface area (Å²) in [5.41, 5.74) is 1.70. The van der Waals surface area contributed by atoms with E-state index in [0.717, 1.165) is 48.6 Å². The number of benzene rings is 2. The van der Waals surface area contributed by atoms with Crippen LogP contribution in [0.15, 0.2) is 59.0 Å². The summed E-state index contributed by atoms with van der Waals surface area (Å²) < 4.78 is 5.84. The van der Waals surface area contributed by atoms with Gasteiger partial charge < -0.3 is 24.6 Å². The van der Waals surface area contributed by atoms with Crippen molar-refractivity contribution < 1.29 is 19.2 Å². The lowest BCUT2D eigenvalue weighted by atomic mass is 10.2. The van der Waals surface area contributed by atoms with E-state index in [1.54, 1.807) is 6.07 Å². The number of aromatic hydroxyl groups is 1. The van der Waals surface area contributed by atoms with Gasteiger partial charge in [-0.15, -0.1) is 0 Å². The second-order valence-electron chi connectivity index (χ2n) is 7.38. The lowest BCUT2D eigenvalue weighted by molar-refractivity contribution is -0.892. The molecule has 0 saturated carbocycles. The molecule has 0 spiro atoms. The minimum absolute atomic E-state index is 0.0268. The van der Waals surface area contributed by atoms with Gasteiger partial charge in [-0.25, -0.2) is 0 Å². The molecule has 1 amide bonds. The normalized spacial score (nSPS) is 16.2. The molecule has 0 bridgehead atoms. The van der Waals surface area contributed by atoms with Crippen LogP contribution in [0.5, 0.6) is 5.75 Å². The summed E-state index contributed by atoms with van der Waals surface area (Å²) in [6, 6.07) is 17.1. The van der Waals surface area contributed by atoms with E-state index in [0.29, 0.717) is 12.3 Å². The Balaban J connectivity index is 1.29. The van der Waals surface area contributed by atoms with E-state index in [-0.39, 0.29) is 11.9 Å². The fraction of sp³-hybridized carbons (Fsp3) is 0.318. The van der Waals surface area contributed by atoms with Gasteiger partial charge in [-0.1, -0.05) is 30.3 Å². The van der Waals surface area contributed by atoms with Crippen molar-refractivity contribution in [3.05, 3.63) is 60.4 Å². The number of quaternary nitrogens is 1. The number of phenols is 1. The number of carbonyl (C=O) groups is 1. The zero-order valence-corrected chi connectivity index (χ0v) is 16.0. The lowest BCUT2D eigenvalue weighted by Gasteiger charge is -2.33.